The molecule has 0 heterocycles. The van der Waals surface area contributed by atoms with Crippen LogP contribution < -0.4 is 0 Å². The van der Waals surface area contributed by atoms with E-state index in [1.807, 2.05) is 0 Å². The van der Waals surface area contributed by atoms with Crippen molar-refractivity contribution < 1.29 is 0 Å². The van der Waals surface area contributed by atoms with Crippen molar-refractivity contribution in [1.82, 2.24) is 0 Å². The normalized spacial score (nSPS) is 18.2. The highest BCUT2D eigenvalue weighted by atomic mass is 14.1. The van der Waals surface area contributed by atoms with Crippen molar-refractivity contribution in [3.8, 4) is 0 Å². The quantitative estimate of drug-likeness (QED) is 0.598. The van der Waals surface area contributed by atoms with Crippen molar-refractivity contribution >= 4 is 0 Å². The Hall–Kier alpha value is -0.780. The Morgan fingerprint density at radius 3 is 2.62 bits per heavy atom. The molecule has 0 fully saturated rings. The second-order valence-corrected chi connectivity index (χ2v) is 4.10. The zero-order valence-electron chi connectivity index (χ0n) is 9.28. The van der Waals surface area contributed by atoms with Crippen LogP contribution in [-0.2, 0) is 0 Å². The summed E-state index contributed by atoms with van der Waals surface area (Å²) in [6, 6.07) is 0. The maximum Gasteiger partial charge on any atom is -0.00641 e. The fourth-order valence-corrected chi connectivity index (χ4v) is 1.77. The van der Waals surface area contributed by atoms with Crippen LogP contribution >= 0.6 is 0 Å². The van der Waals surface area contributed by atoms with Gasteiger partial charge in [-0.15, -0.1) is 0 Å². The lowest BCUT2D eigenvalue weighted by atomic mass is 10.1. The van der Waals surface area contributed by atoms with E-state index in [1.54, 1.807) is 0 Å². The highest BCUT2D eigenvalue weighted by Gasteiger charge is 2.06. The Morgan fingerprint density at radius 1 is 1.46 bits per heavy atom. The Morgan fingerprint density at radius 2 is 2.15 bits per heavy atom. The lowest BCUT2D eigenvalue weighted by Gasteiger charge is -1.99. The second kappa shape index (κ2) is 4.45. The van der Waals surface area contributed by atoms with Crippen LogP contribution in [0.5, 0.6) is 0 Å². The minimum Gasteiger partial charge on any atom is -0.0731 e. The molecular formula is C13H20. The molecule has 0 aliphatic heterocycles. The van der Waals surface area contributed by atoms with Crippen molar-refractivity contribution in [3.63, 3.8) is 0 Å². The molecule has 0 aromatic rings. The van der Waals surface area contributed by atoms with Crippen LogP contribution in [0.25, 0.3) is 0 Å². The topological polar surface area (TPSA) is 0 Å². The van der Waals surface area contributed by atoms with Gasteiger partial charge in [-0.25, -0.2) is 0 Å². The molecule has 0 saturated carbocycles. The van der Waals surface area contributed by atoms with E-state index in [0.717, 1.165) is 6.42 Å². The summed E-state index contributed by atoms with van der Waals surface area (Å²) >= 11 is 0. The van der Waals surface area contributed by atoms with Gasteiger partial charge >= 0.3 is 0 Å². The minimum absolute atomic E-state index is 1.16. The van der Waals surface area contributed by atoms with Crippen LogP contribution in [-0.4, -0.2) is 0 Å². The van der Waals surface area contributed by atoms with Crippen molar-refractivity contribution in [2.24, 2.45) is 0 Å². The molecule has 0 nitrogen and oxygen atoms in total. The molecule has 1 aliphatic carbocycles. The predicted molar refractivity (Wildman–Crippen MR) is 59.7 cm³/mol. The largest absolute Gasteiger partial charge is 0.0731 e. The molecule has 0 saturated heterocycles. The smallest absolute Gasteiger partial charge is 0.00641 e. The van der Waals surface area contributed by atoms with Crippen molar-refractivity contribution in [1.29, 1.82) is 0 Å². The second-order valence-electron chi connectivity index (χ2n) is 4.10. The van der Waals surface area contributed by atoms with Gasteiger partial charge < -0.3 is 0 Å². The number of allylic oxidation sites excluding steroid dienone is 6. The van der Waals surface area contributed by atoms with Gasteiger partial charge in [-0.1, -0.05) is 42.2 Å². The fourth-order valence-electron chi connectivity index (χ4n) is 1.77. The Bertz CT molecular complexity index is 274. The van der Waals surface area contributed by atoms with E-state index < -0.39 is 0 Å². The van der Waals surface area contributed by atoms with Gasteiger partial charge in [0, 0.05) is 0 Å². The van der Waals surface area contributed by atoms with E-state index in [-0.39, 0.29) is 0 Å². The molecule has 1 aliphatic rings. The van der Waals surface area contributed by atoms with E-state index in [1.165, 1.54) is 35.1 Å². The third kappa shape index (κ3) is 2.87. The Kier molecular flexibility index (Phi) is 3.53. The van der Waals surface area contributed by atoms with Crippen LogP contribution in [0.3, 0.4) is 0 Å². The summed E-state index contributed by atoms with van der Waals surface area (Å²) in [6.45, 7) is 8.88. The fraction of sp³-hybridized carbons (Fsp3) is 0.538. The maximum absolute atomic E-state index is 2.35. The van der Waals surface area contributed by atoms with Gasteiger partial charge in [-0.3, -0.25) is 0 Å². The highest BCUT2D eigenvalue weighted by Crippen LogP contribution is 2.26. The van der Waals surface area contributed by atoms with Crippen LogP contribution in [0.1, 0.15) is 47.0 Å². The van der Waals surface area contributed by atoms with Crippen LogP contribution in [0, 0.1) is 0 Å². The first-order chi connectivity index (χ1) is 6.13. The van der Waals surface area contributed by atoms with Gasteiger partial charge in [0.15, 0.2) is 0 Å². The molecule has 0 amide bonds. The lowest BCUT2D eigenvalue weighted by Crippen LogP contribution is -1.79. The van der Waals surface area contributed by atoms with Gasteiger partial charge in [-0.2, -0.15) is 0 Å². The van der Waals surface area contributed by atoms with Gasteiger partial charge in [-0.05, 0) is 39.2 Å². The predicted octanol–water partition coefficient (Wildman–Crippen LogP) is 4.40. The molecule has 0 N–H and O–H groups in total. The zero-order valence-corrected chi connectivity index (χ0v) is 9.28. The molecule has 0 heteroatoms. The number of hydrogen-bond acceptors (Lipinski definition) is 0. The Labute approximate surface area is 82.0 Å². The zero-order chi connectivity index (χ0) is 9.84. The van der Waals surface area contributed by atoms with E-state index in [0.29, 0.717) is 0 Å². The summed E-state index contributed by atoms with van der Waals surface area (Å²) < 4.78 is 0. The summed E-state index contributed by atoms with van der Waals surface area (Å²) in [6.07, 6.45) is 8.31. The average molecular weight is 176 g/mol. The summed E-state index contributed by atoms with van der Waals surface area (Å²) in [7, 11) is 0. The number of hydrogen-bond donors (Lipinski definition) is 0. The van der Waals surface area contributed by atoms with Crippen molar-refractivity contribution in [2.75, 3.05) is 0 Å². The van der Waals surface area contributed by atoms with E-state index >= 15 is 0 Å². The minimum atomic E-state index is 1.16. The summed E-state index contributed by atoms with van der Waals surface area (Å²) in [5, 5.41) is 0. The number of rotatable bonds is 3. The molecule has 0 bridgehead atoms. The van der Waals surface area contributed by atoms with E-state index in [2.05, 4.69) is 39.8 Å². The first-order valence-electron chi connectivity index (χ1n) is 5.17. The highest BCUT2D eigenvalue weighted by molar-refractivity contribution is 5.42. The third-order valence-electron chi connectivity index (χ3n) is 2.62. The van der Waals surface area contributed by atoms with Crippen molar-refractivity contribution in [3.05, 3.63) is 34.4 Å². The molecule has 0 aromatic heterocycles. The van der Waals surface area contributed by atoms with Crippen LogP contribution in [0.2, 0.25) is 0 Å². The lowest BCUT2D eigenvalue weighted by molar-refractivity contribution is 0.902. The summed E-state index contributed by atoms with van der Waals surface area (Å²) in [5.74, 6) is 0. The van der Waals surface area contributed by atoms with Crippen molar-refractivity contribution in [2.45, 2.75) is 47.0 Å². The Balaban J connectivity index is 2.60. The van der Waals surface area contributed by atoms with Gasteiger partial charge in [0.1, 0.15) is 0 Å². The monoisotopic (exact) mass is 176 g/mol. The van der Waals surface area contributed by atoms with Gasteiger partial charge in [0.2, 0.25) is 0 Å². The van der Waals surface area contributed by atoms with Crippen LogP contribution in [0.15, 0.2) is 34.4 Å². The first-order valence-corrected chi connectivity index (χ1v) is 5.17. The molecular weight excluding hydrogens is 156 g/mol. The average Bonchev–Trinajstić information content (AvgIpc) is 2.31. The summed E-state index contributed by atoms with van der Waals surface area (Å²) in [4.78, 5) is 0. The molecule has 0 spiro atoms. The van der Waals surface area contributed by atoms with E-state index in [9.17, 15) is 0 Å². The maximum atomic E-state index is 2.35. The van der Waals surface area contributed by atoms with Gasteiger partial charge in [0.05, 0.1) is 0 Å². The molecule has 0 unspecified atom stereocenters. The SMILES string of the molecule is CCC/C(C)=C/C1=CC(C)=C(C)C1. The molecule has 1 rings (SSSR count). The molecule has 0 atom stereocenters. The molecule has 13 heavy (non-hydrogen) atoms. The summed E-state index contributed by atoms with van der Waals surface area (Å²) in [5.41, 5.74) is 5.98. The third-order valence-corrected chi connectivity index (χ3v) is 2.62. The molecule has 0 radical (unpaired) electrons. The van der Waals surface area contributed by atoms with Crippen LogP contribution in [0.4, 0.5) is 0 Å². The van der Waals surface area contributed by atoms with E-state index in [4.69, 9.17) is 0 Å². The van der Waals surface area contributed by atoms with Gasteiger partial charge in [0.25, 0.3) is 0 Å². The standard InChI is InChI=1S/C13H20/c1-5-6-10(2)7-13-8-11(3)12(4)9-13/h7-8H,5-6,9H2,1-4H3/b10-7+. The first kappa shape index (κ1) is 10.3. The molecule has 72 valence electrons. The molecule has 0 aromatic carbocycles.